The minimum atomic E-state index is -3.95. The molecule has 0 aliphatic carbocycles. The Bertz CT molecular complexity index is 1300. The molecule has 2 heterocycles. The fraction of sp³-hybridized carbons (Fsp3) is 0.238. The number of nitrogens with one attached hydrogen (secondary N) is 1. The summed E-state index contributed by atoms with van der Waals surface area (Å²) in [6, 6.07) is 9.86. The summed E-state index contributed by atoms with van der Waals surface area (Å²) in [6.07, 6.45) is 0.262. The molecule has 32 heavy (non-hydrogen) atoms. The Balaban J connectivity index is 1.47. The second-order valence-electron chi connectivity index (χ2n) is 7.25. The minimum absolute atomic E-state index is 0.00544. The number of benzene rings is 2. The van der Waals surface area contributed by atoms with Gasteiger partial charge >= 0.3 is 0 Å². The van der Waals surface area contributed by atoms with Gasteiger partial charge in [-0.05, 0) is 49.2 Å². The third kappa shape index (κ3) is 3.96. The molecule has 0 bridgehead atoms. The Morgan fingerprint density at radius 2 is 1.66 bits per heavy atom. The lowest BCUT2D eigenvalue weighted by atomic mass is 10.1. The van der Waals surface area contributed by atoms with Crippen molar-refractivity contribution in [2.75, 3.05) is 18.4 Å². The maximum Gasteiger partial charge on any atom is 0.267 e. The molecule has 0 fully saturated rings. The molecule has 9 nitrogen and oxygen atoms in total. The Labute approximate surface area is 189 Å². The first-order valence-electron chi connectivity index (χ1n) is 9.67. The molecule has 1 aliphatic rings. The van der Waals surface area contributed by atoms with Crippen molar-refractivity contribution in [1.29, 1.82) is 0 Å². The van der Waals surface area contributed by atoms with Gasteiger partial charge in [-0.2, -0.15) is 0 Å². The van der Waals surface area contributed by atoms with Crippen molar-refractivity contribution in [2.24, 2.45) is 0 Å². The number of carbonyl (C=O) groups is 2. The van der Waals surface area contributed by atoms with E-state index in [1.54, 1.807) is 36.4 Å². The number of nitrogens with zero attached hydrogens (tertiary/aromatic N) is 3. The van der Waals surface area contributed by atoms with Crippen molar-refractivity contribution < 1.29 is 22.7 Å². The summed E-state index contributed by atoms with van der Waals surface area (Å²) in [5.41, 5.74) is 2.48. The molecular formula is C21H20N4O5S2. The molecule has 0 unspecified atom stereocenters. The predicted octanol–water partition coefficient (Wildman–Crippen LogP) is 2.80. The van der Waals surface area contributed by atoms with Gasteiger partial charge in [0.05, 0.1) is 18.2 Å². The van der Waals surface area contributed by atoms with Crippen molar-refractivity contribution >= 4 is 38.3 Å². The van der Waals surface area contributed by atoms with Gasteiger partial charge in [0, 0.05) is 13.0 Å². The molecular weight excluding hydrogens is 452 g/mol. The molecule has 11 heteroatoms. The maximum atomic E-state index is 12.9. The fourth-order valence-corrected chi connectivity index (χ4v) is 5.54. The van der Waals surface area contributed by atoms with Crippen LogP contribution in [0.4, 0.5) is 5.13 Å². The lowest BCUT2D eigenvalue weighted by molar-refractivity contribution is 0.0656. The smallest absolute Gasteiger partial charge is 0.267 e. The third-order valence-electron chi connectivity index (χ3n) is 5.19. The zero-order valence-corrected chi connectivity index (χ0v) is 19.2. The van der Waals surface area contributed by atoms with Crippen molar-refractivity contribution in [3.63, 3.8) is 0 Å². The van der Waals surface area contributed by atoms with Crippen LogP contribution in [-0.4, -0.2) is 49.0 Å². The predicted molar refractivity (Wildman–Crippen MR) is 119 cm³/mol. The largest absolute Gasteiger partial charge is 0.495 e. The van der Waals surface area contributed by atoms with Gasteiger partial charge in [-0.1, -0.05) is 23.5 Å². The van der Waals surface area contributed by atoms with E-state index in [2.05, 4.69) is 14.9 Å². The summed E-state index contributed by atoms with van der Waals surface area (Å²) in [6.45, 7) is 3.81. The molecule has 1 N–H and O–H groups in total. The number of rotatable bonds is 7. The van der Waals surface area contributed by atoms with Crippen LogP contribution in [0.15, 0.2) is 41.3 Å². The van der Waals surface area contributed by atoms with Crippen LogP contribution >= 0.6 is 11.3 Å². The standard InChI is InChI=1S/C21H20N4O5S2/c1-12-10-16(30-3)17(11-13(12)2)32(28,29)24-21-23-22-18(31-21)8-9-25-19(26)14-6-4-5-7-15(14)20(25)27/h4-7,10-11H,8-9H2,1-3H3,(H,23,24). The average Bonchev–Trinajstić information content (AvgIpc) is 3.30. The van der Waals surface area contributed by atoms with Gasteiger partial charge < -0.3 is 4.74 Å². The number of amides is 2. The SMILES string of the molecule is COc1cc(C)c(C)cc1S(=O)(=O)Nc1nnc(CCN2C(=O)c3ccccc3C2=O)s1. The van der Waals surface area contributed by atoms with Crippen molar-refractivity contribution in [3.05, 3.63) is 63.7 Å². The fourth-order valence-electron chi connectivity index (χ4n) is 3.35. The maximum absolute atomic E-state index is 12.9. The first-order chi connectivity index (χ1) is 15.2. The van der Waals surface area contributed by atoms with E-state index in [9.17, 15) is 18.0 Å². The van der Waals surface area contributed by atoms with Crippen LogP contribution in [0.5, 0.6) is 5.75 Å². The molecule has 0 radical (unpaired) electrons. The van der Waals surface area contributed by atoms with Crippen LogP contribution in [0.3, 0.4) is 0 Å². The quantitative estimate of drug-likeness (QED) is 0.525. The highest BCUT2D eigenvalue weighted by molar-refractivity contribution is 7.93. The number of carbonyl (C=O) groups excluding carboxylic acids is 2. The topological polar surface area (TPSA) is 119 Å². The van der Waals surface area contributed by atoms with Crippen LogP contribution in [0.2, 0.25) is 0 Å². The number of hydrogen-bond donors (Lipinski definition) is 1. The van der Waals surface area contributed by atoms with E-state index in [-0.39, 0.29) is 40.6 Å². The first-order valence-corrected chi connectivity index (χ1v) is 12.0. The number of imide groups is 1. The minimum Gasteiger partial charge on any atom is -0.495 e. The Hall–Kier alpha value is -3.31. The molecule has 1 aliphatic heterocycles. The average molecular weight is 473 g/mol. The summed E-state index contributed by atoms with van der Waals surface area (Å²) >= 11 is 1.04. The number of aromatic nitrogens is 2. The van der Waals surface area contributed by atoms with Crippen molar-refractivity contribution in [1.82, 2.24) is 15.1 Å². The zero-order chi connectivity index (χ0) is 23.0. The number of fused-ring (bicyclic) bond motifs is 1. The normalized spacial score (nSPS) is 13.4. The van der Waals surface area contributed by atoms with Gasteiger partial charge in [0.1, 0.15) is 15.7 Å². The second kappa shape index (κ2) is 8.32. The van der Waals surface area contributed by atoms with Gasteiger partial charge in [0.15, 0.2) is 0 Å². The number of sulfonamides is 1. The van der Waals surface area contributed by atoms with E-state index in [4.69, 9.17) is 4.74 Å². The summed E-state index contributed by atoms with van der Waals surface area (Å²) in [4.78, 5) is 26.1. The molecule has 3 aromatic rings. The molecule has 1 aromatic heterocycles. The van der Waals surface area contributed by atoms with Crippen molar-refractivity contribution in [2.45, 2.75) is 25.2 Å². The Kier molecular flexibility index (Phi) is 5.70. The number of aryl methyl sites for hydroxylation is 2. The summed E-state index contributed by atoms with van der Waals surface area (Å²) in [5.74, 6) is -0.466. The van der Waals surface area contributed by atoms with Gasteiger partial charge in [-0.3, -0.25) is 19.2 Å². The van der Waals surface area contributed by atoms with Crippen LogP contribution in [0, 0.1) is 13.8 Å². The summed E-state index contributed by atoms with van der Waals surface area (Å²) in [7, 11) is -2.54. The van der Waals surface area contributed by atoms with E-state index < -0.39 is 10.0 Å². The zero-order valence-electron chi connectivity index (χ0n) is 17.6. The monoisotopic (exact) mass is 472 g/mol. The Morgan fingerprint density at radius 3 is 2.28 bits per heavy atom. The molecule has 166 valence electrons. The summed E-state index contributed by atoms with van der Waals surface area (Å²) < 4.78 is 33.4. The molecule has 0 saturated heterocycles. The van der Waals surface area contributed by atoms with E-state index in [0.717, 1.165) is 27.4 Å². The molecule has 2 amide bonds. The molecule has 2 aromatic carbocycles. The van der Waals surface area contributed by atoms with E-state index in [1.807, 2.05) is 13.8 Å². The highest BCUT2D eigenvalue weighted by Gasteiger charge is 2.34. The Morgan fingerprint density at radius 1 is 1.03 bits per heavy atom. The van der Waals surface area contributed by atoms with Crippen molar-refractivity contribution in [3.8, 4) is 5.75 Å². The van der Waals surface area contributed by atoms with Gasteiger partial charge in [0.2, 0.25) is 5.13 Å². The van der Waals surface area contributed by atoms with Crippen LogP contribution in [-0.2, 0) is 16.4 Å². The second-order valence-corrected chi connectivity index (χ2v) is 9.96. The van der Waals surface area contributed by atoms with E-state index in [1.165, 1.54) is 7.11 Å². The number of anilines is 1. The summed E-state index contributed by atoms with van der Waals surface area (Å²) in [5, 5.41) is 8.46. The van der Waals surface area contributed by atoms with E-state index in [0.29, 0.717) is 16.1 Å². The van der Waals surface area contributed by atoms with Crippen LogP contribution in [0.25, 0.3) is 0 Å². The lowest BCUT2D eigenvalue weighted by Crippen LogP contribution is -2.31. The third-order valence-corrected chi connectivity index (χ3v) is 7.57. The number of hydrogen-bond acceptors (Lipinski definition) is 8. The molecule has 0 spiro atoms. The first kappa shape index (κ1) is 21.9. The number of ether oxygens (including phenoxy) is 1. The highest BCUT2D eigenvalue weighted by Crippen LogP contribution is 2.30. The van der Waals surface area contributed by atoms with Gasteiger partial charge in [-0.15, -0.1) is 10.2 Å². The van der Waals surface area contributed by atoms with Gasteiger partial charge in [0.25, 0.3) is 21.8 Å². The molecule has 0 atom stereocenters. The van der Waals surface area contributed by atoms with E-state index >= 15 is 0 Å². The van der Waals surface area contributed by atoms with Gasteiger partial charge in [-0.25, -0.2) is 8.42 Å². The molecule has 4 rings (SSSR count). The molecule has 0 saturated carbocycles. The van der Waals surface area contributed by atoms with Crippen LogP contribution < -0.4 is 9.46 Å². The number of methoxy groups -OCH3 is 1. The lowest BCUT2D eigenvalue weighted by Gasteiger charge is -2.12. The van der Waals surface area contributed by atoms with Crippen LogP contribution in [0.1, 0.15) is 36.9 Å². The highest BCUT2D eigenvalue weighted by atomic mass is 32.2.